The summed E-state index contributed by atoms with van der Waals surface area (Å²) in [5, 5.41) is 13.7. The number of phenols is 1. The first kappa shape index (κ1) is 25.0. The van der Waals surface area contributed by atoms with Gasteiger partial charge >= 0.3 is 0 Å². The first-order valence-electron chi connectivity index (χ1n) is 12.1. The molecule has 0 aromatic heterocycles. The number of anilines is 2. The average molecular weight is 526 g/mol. The maximum Gasteiger partial charge on any atom is 0.272 e. The van der Waals surface area contributed by atoms with Crippen LogP contribution in [0.25, 0.3) is 0 Å². The lowest BCUT2D eigenvalue weighted by Crippen LogP contribution is -2.53. The Morgan fingerprint density at radius 3 is 2.59 bits per heavy atom. The number of ether oxygens (including phenoxy) is 1. The van der Waals surface area contributed by atoms with Gasteiger partial charge in [0.2, 0.25) is 10.0 Å². The highest BCUT2D eigenvalue weighted by Gasteiger charge is 2.42. The summed E-state index contributed by atoms with van der Waals surface area (Å²) in [7, 11) is -3.27. The summed E-state index contributed by atoms with van der Waals surface area (Å²) in [4.78, 5) is 39.4. The Balaban J connectivity index is 1.35. The van der Waals surface area contributed by atoms with Crippen LogP contribution in [0, 0.1) is 0 Å². The second-order valence-electron chi connectivity index (χ2n) is 9.23. The van der Waals surface area contributed by atoms with Crippen molar-refractivity contribution in [1.29, 1.82) is 0 Å². The van der Waals surface area contributed by atoms with Gasteiger partial charge in [-0.1, -0.05) is 43.3 Å². The lowest BCUT2D eigenvalue weighted by atomic mass is 10.1. The number of para-hydroxylation sites is 1. The number of nitrogens with one attached hydrogen (secondary N) is 1. The van der Waals surface area contributed by atoms with Gasteiger partial charge in [0.25, 0.3) is 16.8 Å². The molecule has 0 saturated carbocycles. The molecule has 194 valence electrons. The number of carbonyl (C=O) groups excluding carboxylic acids is 1. The molecule has 1 amide bonds. The standard InChI is InChI=1S/C26H27N3O7S/c1-2-20(16-7-4-3-5-8-16)36-25-21(23(31)24(25)32)27-19-10-6-9-18(22(19)30)26(33)28-12-13-29-17(15-28)11-14-37(29,34)35/h3-10,17,20,27,30H,2,11-15H2,1H3/t17?,20-/m1/s1. The van der Waals surface area contributed by atoms with E-state index >= 15 is 0 Å². The van der Waals surface area contributed by atoms with Gasteiger partial charge in [0.05, 0.1) is 17.0 Å². The Labute approximate surface area is 213 Å². The number of sulfonamides is 1. The number of benzene rings is 2. The van der Waals surface area contributed by atoms with Gasteiger partial charge < -0.3 is 20.1 Å². The largest absolute Gasteiger partial charge is 0.505 e. The quantitative estimate of drug-likeness (QED) is 0.354. The van der Waals surface area contributed by atoms with Crippen molar-refractivity contribution in [3.8, 4) is 11.5 Å². The van der Waals surface area contributed by atoms with E-state index in [-0.39, 0.29) is 59.9 Å². The fraction of sp³-hybridized carbons (Fsp3) is 0.346. The van der Waals surface area contributed by atoms with E-state index in [0.29, 0.717) is 12.8 Å². The molecule has 2 heterocycles. The predicted octanol–water partition coefficient (Wildman–Crippen LogP) is 2.12. The normalized spacial score (nSPS) is 19.9. The van der Waals surface area contributed by atoms with E-state index in [4.69, 9.17) is 4.74 Å². The Kier molecular flexibility index (Phi) is 6.50. The summed E-state index contributed by atoms with van der Waals surface area (Å²) in [5.41, 5.74) is -0.659. The van der Waals surface area contributed by atoms with Gasteiger partial charge in [-0.05, 0) is 30.5 Å². The highest BCUT2D eigenvalue weighted by atomic mass is 32.2. The number of hydrogen-bond acceptors (Lipinski definition) is 8. The van der Waals surface area contributed by atoms with Crippen LogP contribution in [-0.4, -0.2) is 60.1 Å². The molecular weight excluding hydrogens is 498 g/mol. The molecule has 11 heteroatoms. The number of piperazine rings is 1. The number of nitrogens with zero attached hydrogens (tertiary/aromatic N) is 2. The fourth-order valence-corrected chi connectivity index (χ4v) is 6.73. The van der Waals surface area contributed by atoms with Crippen LogP contribution in [0.15, 0.2) is 58.1 Å². The van der Waals surface area contributed by atoms with E-state index in [1.807, 2.05) is 37.3 Å². The molecule has 37 heavy (non-hydrogen) atoms. The van der Waals surface area contributed by atoms with Crippen molar-refractivity contribution in [3.05, 3.63) is 80.1 Å². The zero-order valence-electron chi connectivity index (χ0n) is 20.2. The average Bonchev–Trinajstić information content (AvgIpc) is 3.22. The maximum atomic E-state index is 13.2. The topological polar surface area (TPSA) is 133 Å². The number of aromatic hydroxyl groups is 1. The molecule has 0 spiro atoms. The first-order chi connectivity index (χ1) is 17.7. The second-order valence-corrected chi connectivity index (χ2v) is 11.3. The van der Waals surface area contributed by atoms with Crippen LogP contribution in [0.2, 0.25) is 0 Å². The molecule has 0 bridgehead atoms. The Morgan fingerprint density at radius 2 is 1.86 bits per heavy atom. The maximum absolute atomic E-state index is 13.2. The third kappa shape index (κ3) is 4.49. The molecule has 2 aliphatic rings. The van der Waals surface area contributed by atoms with Gasteiger partial charge in [-0.15, -0.1) is 0 Å². The summed E-state index contributed by atoms with van der Waals surface area (Å²) >= 11 is 0. The van der Waals surface area contributed by atoms with Crippen molar-refractivity contribution >= 4 is 27.3 Å². The van der Waals surface area contributed by atoms with Gasteiger partial charge in [-0.25, -0.2) is 8.42 Å². The smallest absolute Gasteiger partial charge is 0.272 e. The molecule has 2 fully saturated rings. The molecule has 2 saturated heterocycles. The minimum Gasteiger partial charge on any atom is -0.505 e. The molecule has 10 nitrogen and oxygen atoms in total. The zero-order valence-corrected chi connectivity index (χ0v) is 21.0. The molecular formula is C26H27N3O7S. The van der Waals surface area contributed by atoms with Crippen LogP contribution < -0.4 is 20.9 Å². The number of phenolic OH excluding ortho intramolecular Hbond substituents is 1. The zero-order chi connectivity index (χ0) is 26.3. The predicted molar refractivity (Wildman–Crippen MR) is 138 cm³/mol. The Morgan fingerprint density at radius 1 is 1.11 bits per heavy atom. The number of rotatable bonds is 7. The van der Waals surface area contributed by atoms with Crippen molar-refractivity contribution < 1.29 is 23.1 Å². The Bertz CT molecular complexity index is 1510. The van der Waals surface area contributed by atoms with Crippen LogP contribution in [0.1, 0.15) is 41.8 Å². The number of fused-ring (bicyclic) bond motifs is 1. The molecule has 3 aromatic rings. The molecule has 5 rings (SSSR count). The van der Waals surface area contributed by atoms with Crippen LogP contribution >= 0.6 is 0 Å². The Hall–Kier alpha value is -3.70. The van der Waals surface area contributed by atoms with E-state index in [1.165, 1.54) is 21.3 Å². The monoisotopic (exact) mass is 525 g/mol. The molecule has 2 atom stereocenters. The first-order valence-corrected chi connectivity index (χ1v) is 13.7. The number of hydrogen-bond donors (Lipinski definition) is 2. The highest BCUT2D eigenvalue weighted by Crippen LogP contribution is 2.35. The van der Waals surface area contributed by atoms with Crippen molar-refractivity contribution in [2.24, 2.45) is 0 Å². The molecule has 2 aliphatic heterocycles. The van der Waals surface area contributed by atoms with Crippen LogP contribution in [-0.2, 0) is 10.0 Å². The van der Waals surface area contributed by atoms with E-state index in [1.54, 1.807) is 6.07 Å². The number of amides is 1. The lowest BCUT2D eigenvalue weighted by Gasteiger charge is -2.36. The van der Waals surface area contributed by atoms with E-state index < -0.39 is 32.9 Å². The van der Waals surface area contributed by atoms with Gasteiger partial charge in [0.1, 0.15) is 11.8 Å². The van der Waals surface area contributed by atoms with Crippen molar-refractivity contribution in [2.75, 3.05) is 30.7 Å². The third-order valence-electron chi connectivity index (χ3n) is 6.98. The van der Waals surface area contributed by atoms with Crippen molar-refractivity contribution in [2.45, 2.75) is 31.9 Å². The molecule has 0 aliphatic carbocycles. The van der Waals surface area contributed by atoms with Crippen molar-refractivity contribution in [1.82, 2.24) is 9.21 Å². The molecule has 3 aromatic carbocycles. The summed E-state index contributed by atoms with van der Waals surface area (Å²) in [5.74, 6) is -0.861. The van der Waals surface area contributed by atoms with Gasteiger partial charge in [0, 0.05) is 25.7 Å². The summed E-state index contributed by atoms with van der Waals surface area (Å²) in [6, 6.07) is 13.5. The summed E-state index contributed by atoms with van der Waals surface area (Å²) in [6.45, 7) is 2.56. The van der Waals surface area contributed by atoms with Crippen LogP contribution in [0.3, 0.4) is 0 Å². The van der Waals surface area contributed by atoms with Gasteiger partial charge in [-0.3, -0.25) is 14.4 Å². The number of carbonyl (C=O) groups is 1. The second kappa shape index (κ2) is 9.64. The van der Waals surface area contributed by atoms with E-state index in [9.17, 15) is 27.9 Å². The van der Waals surface area contributed by atoms with E-state index in [2.05, 4.69) is 5.32 Å². The highest BCUT2D eigenvalue weighted by molar-refractivity contribution is 7.89. The van der Waals surface area contributed by atoms with Crippen LogP contribution in [0.5, 0.6) is 11.5 Å². The molecule has 2 N–H and O–H groups in total. The van der Waals surface area contributed by atoms with Gasteiger partial charge in [0.15, 0.2) is 11.5 Å². The summed E-state index contributed by atoms with van der Waals surface area (Å²) in [6.07, 6.45) is 0.575. The summed E-state index contributed by atoms with van der Waals surface area (Å²) < 4.78 is 31.6. The lowest BCUT2D eigenvalue weighted by molar-refractivity contribution is 0.0638. The minimum atomic E-state index is -3.27. The van der Waals surface area contributed by atoms with E-state index in [0.717, 1.165) is 5.56 Å². The molecule has 1 unspecified atom stereocenters. The SMILES string of the molecule is CC[C@@H](Oc1c(Nc2cccc(C(=O)N3CCN4C(CCS4(=O)=O)C3)c2O)c(=O)c1=O)c1ccccc1. The third-order valence-corrected chi connectivity index (χ3v) is 8.92. The van der Waals surface area contributed by atoms with Crippen molar-refractivity contribution in [3.63, 3.8) is 0 Å². The molecule has 0 radical (unpaired) electrons. The van der Waals surface area contributed by atoms with Crippen LogP contribution in [0.4, 0.5) is 11.4 Å². The fourth-order valence-electron chi connectivity index (χ4n) is 4.94. The van der Waals surface area contributed by atoms with Gasteiger partial charge in [-0.2, -0.15) is 4.31 Å². The minimum absolute atomic E-state index is 0.0104.